The van der Waals surface area contributed by atoms with Crippen molar-refractivity contribution in [1.29, 1.82) is 0 Å². The molecule has 1 unspecified atom stereocenters. The standard InChI is InChI=1S/C14H9Cl2N3O2/c15-9-6-10(16)11(17-7-9)13-18-14(21-19-13)12(20)8-4-2-1-3-5-8/h1-7,12,20H. The SMILES string of the molecule is OC(c1ccccc1)c1nc(-c2ncc(Cl)cc2Cl)no1. The molecule has 2 heterocycles. The van der Waals surface area contributed by atoms with Crippen LogP contribution in [0.25, 0.3) is 11.5 Å². The van der Waals surface area contributed by atoms with E-state index in [1.165, 1.54) is 12.3 Å². The van der Waals surface area contributed by atoms with Gasteiger partial charge in [0.15, 0.2) is 6.10 Å². The van der Waals surface area contributed by atoms with Crippen LogP contribution in [0.1, 0.15) is 17.6 Å². The number of aliphatic hydroxyl groups is 1. The van der Waals surface area contributed by atoms with Crippen molar-refractivity contribution >= 4 is 23.2 Å². The number of aliphatic hydroxyl groups excluding tert-OH is 1. The second kappa shape index (κ2) is 5.81. The van der Waals surface area contributed by atoms with E-state index in [2.05, 4.69) is 15.1 Å². The number of nitrogens with zero attached hydrogens (tertiary/aromatic N) is 3. The van der Waals surface area contributed by atoms with Crippen LogP contribution in [0.15, 0.2) is 47.1 Å². The van der Waals surface area contributed by atoms with Gasteiger partial charge in [-0.3, -0.25) is 0 Å². The van der Waals surface area contributed by atoms with Crippen LogP contribution in [-0.4, -0.2) is 20.2 Å². The summed E-state index contributed by atoms with van der Waals surface area (Å²) in [7, 11) is 0. The number of hydrogen-bond donors (Lipinski definition) is 1. The van der Waals surface area contributed by atoms with Crippen LogP contribution < -0.4 is 0 Å². The minimum absolute atomic E-state index is 0.0732. The molecule has 2 aromatic heterocycles. The van der Waals surface area contributed by atoms with Gasteiger partial charge in [0.2, 0.25) is 5.82 Å². The van der Waals surface area contributed by atoms with E-state index in [0.717, 1.165) is 0 Å². The van der Waals surface area contributed by atoms with Crippen LogP contribution in [0.5, 0.6) is 0 Å². The predicted molar refractivity (Wildman–Crippen MR) is 78.1 cm³/mol. The molecule has 7 heteroatoms. The van der Waals surface area contributed by atoms with Gasteiger partial charge in [0.1, 0.15) is 5.69 Å². The van der Waals surface area contributed by atoms with Gasteiger partial charge in [0.05, 0.1) is 10.0 Å². The van der Waals surface area contributed by atoms with E-state index in [-0.39, 0.29) is 11.7 Å². The highest BCUT2D eigenvalue weighted by Gasteiger charge is 2.20. The lowest BCUT2D eigenvalue weighted by atomic mass is 10.1. The molecule has 0 aliphatic heterocycles. The molecule has 1 N–H and O–H groups in total. The summed E-state index contributed by atoms with van der Waals surface area (Å²) in [5.74, 6) is 0.269. The number of halogens is 2. The minimum Gasteiger partial charge on any atom is -0.378 e. The average molecular weight is 322 g/mol. The lowest BCUT2D eigenvalue weighted by Gasteiger charge is -2.04. The highest BCUT2D eigenvalue weighted by Crippen LogP contribution is 2.28. The van der Waals surface area contributed by atoms with Crippen molar-refractivity contribution in [2.45, 2.75) is 6.10 Å². The van der Waals surface area contributed by atoms with Crippen molar-refractivity contribution < 1.29 is 9.63 Å². The van der Waals surface area contributed by atoms with Crippen LogP contribution in [0.4, 0.5) is 0 Å². The summed E-state index contributed by atoms with van der Waals surface area (Å²) < 4.78 is 5.08. The Kier molecular flexibility index (Phi) is 3.88. The number of pyridine rings is 1. The summed E-state index contributed by atoms with van der Waals surface area (Å²) in [6, 6.07) is 10.5. The number of rotatable bonds is 3. The van der Waals surface area contributed by atoms with Gasteiger partial charge < -0.3 is 9.63 Å². The summed E-state index contributed by atoms with van der Waals surface area (Å²) in [5, 5.41) is 14.7. The van der Waals surface area contributed by atoms with Crippen molar-refractivity contribution in [3.05, 3.63) is 64.1 Å². The summed E-state index contributed by atoms with van der Waals surface area (Å²) in [4.78, 5) is 8.19. The number of benzene rings is 1. The molecule has 3 aromatic rings. The zero-order valence-electron chi connectivity index (χ0n) is 10.6. The molecular formula is C14H9Cl2N3O2. The van der Waals surface area contributed by atoms with Crippen molar-refractivity contribution in [3.8, 4) is 11.5 Å². The molecule has 21 heavy (non-hydrogen) atoms. The predicted octanol–water partition coefficient (Wildman–Crippen LogP) is 3.52. The molecule has 0 aliphatic rings. The van der Waals surface area contributed by atoms with E-state index < -0.39 is 6.10 Å². The van der Waals surface area contributed by atoms with Gasteiger partial charge >= 0.3 is 0 Å². The molecule has 0 spiro atoms. The van der Waals surface area contributed by atoms with Crippen molar-refractivity contribution in [2.24, 2.45) is 0 Å². The van der Waals surface area contributed by atoms with Gasteiger partial charge in [0, 0.05) is 6.20 Å². The van der Waals surface area contributed by atoms with Crippen molar-refractivity contribution in [2.75, 3.05) is 0 Å². The van der Waals surface area contributed by atoms with Gasteiger partial charge in [-0.2, -0.15) is 4.98 Å². The molecule has 3 rings (SSSR count). The molecule has 0 amide bonds. The topological polar surface area (TPSA) is 72.0 Å². The Balaban J connectivity index is 1.93. The zero-order chi connectivity index (χ0) is 14.8. The van der Waals surface area contributed by atoms with E-state index in [9.17, 15) is 5.11 Å². The van der Waals surface area contributed by atoms with Crippen LogP contribution in [0, 0.1) is 0 Å². The largest absolute Gasteiger partial charge is 0.378 e. The second-order valence-electron chi connectivity index (χ2n) is 4.25. The molecule has 1 aromatic carbocycles. The van der Waals surface area contributed by atoms with E-state index in [4.69, 9.17) is 27.7 Å². The third-order valence-electron chi connectivity index (χ3n) is 2.81. The fraction of sp³-hybridized carbons (Fsp3) is 0.0714. The van der Waals surface area contributed by atoms with E-state index in [0.29, 0.717) is 21.3 Å². The molecule has 1 atom stereocenters. The molecule has 5 nitrogen and oxygen atoms in total. The fourth-order valence-corrected chi connectivity index (χ4v) is 2.26. The summed E-state index contributed by atoms with van der Waals surface area (Å²) in [6.07, 6.45) is 0.436. The van der Waals surface area contributed by atoms with E-state index >= 15 is 0 Å². The average Bonchev–Trinajstić information content (AvgIpc) is 2.97. The molecule has 0 aliphatic carbocycles. The van der Waals surface area contributed by atoms with E-state index in [1.54, 1.807) is 12.1 Å². The lowest BCUT2D eigenvalue weighted by molar-refractivity contribution is 0.170. The first-order chi connectivity index (χ1) is 10.1. The van der Waals surface area contributed by atoms with Crippen LogP contribution >= 0.6 is 23.2 Å². The molecule has 0 bridgehead atoms. The monoisotopic (exact) mass is 321 g/mol. The highest BCUT2D eigenvalue weighted by atomic mass is 35.5. The first-order valence-corrected chi connectivity index (χ1v) is 6.79. The quantitative estimate of drug-likeness (QED) is 0.799. The van der Waals surface area contributed by atoms with E-state index in [1.807, 2.05) is 18.2 Å². The van der Waals surface area contributed by atoms with Crippen molar-refractivity contribution in [3.63, 3.8) is 0 Å². The van der Waals surface area contributed by atoms with Gasteiger partial charge in [0.25, 0.3) is 5.89 Å². The van der Waals surface area contributed by atoms with Crippen molar-refractivity contribution in [1.82, 2.24) is 15.1 Å². The Labute approximate surface area is 130 Å². The Morgan fingerprint density at radius 1 is 1.14 bits per heavy atom. The Morgan fingerprint density at radius 3 is 2.62 bits per heavy atom. The molecule has 0 radical (unpaired) electrons. The third kappa shape index (κ3) is 2.90. The van der Waals surface area contributed by atoms with Crippen LogP contribution in [-0.2, 0) is 0 Å². The third-order valence-corrected chi connectivity index (χ3v) is 3.31. The lowest BCUT2D eigenvalue weighted by Crippen LogP contribution is -1.99. The Morgan fingerprint density at radius 2 is 1.90 bits per heavy atom. The first-order valence-electron chi connectivity index (χ1n) is 6.03. The maximum Gasteiger partial charge on any atom is 0.260 e. The molecule has 0 saturated carbocycles. The van der Waals surface area contributed by atoms with Gasteiger partial charge in [-0.25, -0.2) is 4.98 Å². The smallest absolute Gasteiger partial charge is 0.260 e. The molecule has 0 fully saturated rings. The van der Waals surface area contributed by atoms with Gasteiger partial charge in [-0.05, 0) is 11.6 Å². The Hall–Kier alpha value is -1.95. The molecule has 0 saturated heterocycles. The molecule has 106 valence electrons. The van der Waals surface area contributed by atoms with Gasteiger partial charge in [-0.1, -0.05) is 58.7 Å². The minimum atomic E-state index is -1.00. The van der Waals surface area contributed by atoms with Crippen LogP contribution in [0.2, 0.25) is 10.0 Å². The summed E-state index contributed by atoms with van der Waals surface area (Å²) in [6.45, 7) is 0. The molecular weight excluding hydrogens is 313 g/mol. The summed E-state index contributed by atoms with van der Waals surface area (Å²) >= 11 is 11.8. The number of aromatic nitrogens is 3. The summed E-state index contributed by atoms with van der Waals surface area (Å²) in [5.41, 5.74) is 0.999. The van der Waals surface area contributed by atoms with Gasteiger partial charge in [-0.15, -0.1) is 0 Å². The number of hydrogen-bond acceptors (Lipinski definition) is 5. The first kappa shape index (κ1) is 14.0. The highest BCUT2D eigenvalue weighted by molar-refractivity contribution is 6.35. The maximum atomic E-state index is 10.2. The van der Waals surface area contributed by atoms with Crippen LogP contribution in [0.3, 0.4) is 0 Å². The Bertz CT molecular complexity index is 762. The normalized spacial score (nSPS) is 12.3. The fourth-order valence-electron chi connectivity index (χ4n) is 1.80. The second-order valence-corrected chi connectivity index (χ2v) is 5.10. The maximum absolute atomic E-state index is 10.2. The zero-order valence-corrected chi connectivity index (χ0v) is 12.1.